The molecule has 1 aliphatic carbocycles. The monoisotopic (exact) mass is 435 g/mol. The molecule has 0 radical (unpaired) electrons. The van der Waals surface area contributed by atoms with Crippen LogP contribution >= 0.6 is 11.6 Å². The predicted octanol–water partition coefficient (Wildman–Crippen LogP) is 3.52. The lowest BCUT2D eigenvalue weighted by Gasteiger charge is -2.53. The number of pyridine rings is 1. The van der Waals surface area contributed by atoms with Gasteiger partial charge in [-0.25, -0.2) is 14.2 Å². The number of ether oxygens (including phenoxy) is 2. The Bertz CT molecular complexity index is 960. The average Bonchev–Trinajstić information content (AvgIpc) is 2.62. The maximum atomic E-state index is 14.5. The van der Waals surface area contributed by atoms with Crippen LogP contribution < -0.4 is 15.4 Å². The second kappa shape index (κ2) is 8.37. The molecule has 9 heteroatoms. The molecular formula is C21H23ClFN3O4. The van der Waals surface area contributed by atoms with Crippen LogP contribution in [0.25, 0.3) is 11.1 Å². The Morgan fingerprint density at radius 3 is 2.80 bits per heavy atom. The number of nitrogens with one attached hydrogen (secondary N) is 2. The first-order chi connectivity index (χ1) is 14.4. The van der Waals surface area contributed by atoms with Gasteiger partial charge in [-0.2, -0.15) is 0 Å². The zero-order valence-corrected chi connectivity index (χ0v) is 17.3. The Balaban J connectivity index is 1.49. The van der Waals surface area contributed by atoms with Gasteiger partial charge in [0.1, 0.15) is 17.6 Å². The summed E-state index contributed by atoms with van der Waals surface area (Å²) in [5, 5.41) is 14.6. The van der Waals surface area contributed by atoms with E-state index in [4.69, 9.17) is 26.2 Å². The number of benzene rings is 1. The summed E-state index contributed by atoms with van der Waals surface area (Å²) in [6.07, 6.45) is 1.77. The van der Waals surface area contributed by atoms with Crippen molar-refractivity contribution < 1.29 is 23.8 Å². The van der Waals surface area contributed by atoms with Gasteiger partial charge in [0, 0.05) is 17.5 Å². The van der Waals surface area contributed by atoms with Crippen molar-refractivity contribution in [2.24, 2.45) is 5.41 Å². The number of anilines is 1. The molecule has 0 bridgehead atoms. The molecule has 1 aromatic heterocycles. The number of aliphatic hydroxyl groups is 1. The topological polar surface area (TPSA) is 92.7 Å². The van der Waals surface area contributed by atoms with Crippen LogP contribution in [0.4, 0.5) is 14.9 Å². The second-order valence-electron chi connectivity index (χ2n) is 7.93. The number of urea groups is 1. The fourth-order valence-corrected chi connectivity index (χ4v) is 4.19. The smallest absolute Gasteiger partial charge is 0.319 e. The van der Waals surface area contributed by atoms with Crippen LogP contribution in [0.15, 0.2) is 24.3 Å². The van der Waals surface area contributed by atoms with E-state index in [-0.39, 0.29) is 41.4 Å². The SMILES string of the molecule is Cc1cc(F)c(NC(=O)NC2CC3(COC3)C2)cc1-c1cc(Cl)nc(OCCO)c1. The molecule has 1 saturated carbocycles. The van der Waals surface area contributed by atoms with E-state index >= 15 is 0 Å². The summed E-state index contributed by atoms with van der Waals surface area (Å²) in [5.74, 6) is -0.276. The normalized spacial score (nSPS) is 17.2. The van der Waals surface area contributed by atoms with Crippen LogP contribution in [0.2, 0.25) is 5.15 Å². The lowest BCUT2D eigenvalue weighted by molar-refractivity contribution is -0.165. The third kappa shape index (κ3) is 4.35. The van der Waals surface area contributed by atoms with Crippen LogP contribution in [-0.4, -0.2) is 48.6 Å². The Morgan fingerprint density at radius 1 is 1.37 bits per heavy atom. The summed E-state index contributed by atoms with van der Waals surface area (Å²) in [6.45, 7) is 3.19. The first-order valence-electron chi connectivity index (χ1n) is 9.74. The van der Waals surface area contributed by atoms with Crippen LogP contribution in [0, 0.1) is 18.2 Å². The molecule has 1 saturated heterocycles. The molecule has 30 heavy (non-hydrogen) atoms. The minimum absolute atomic E-state index is 0.0693. The van der Waals surface area contributed by atoms with E-state index in [1.165, 1.54) is 6.07 Å². The van der Waals surface area contributed by atoms with Gasteiger partial charge in [0.25, 0.3) is 0 Å². The van der Waals surface area contributed by atoms with Crippen molar-refractivity contribution in [3.8, 4) is 17.0 Å². The molecule has 2 aromatic rings. The molecule has 2 amide bonds. The van der Waals surface area contributed by atoms with E-state index in [0.717, 1.165) is 26.1 Å². The number of aryl methyl sites for hydroxylation is 1. The summed E-state index contributed by atoms with van der Waals surface area (Å²) >= 11 is 6.09. The van der Waals surface area contributed by atoms with E-state index in [0.29, 0.717) is 16.7 Å². The maximum Gasteiger partial charge on any atom is 0.319 e. The zero-order valence-electron chi connectivity index (χ0n) is 16.5. The number of aromatic nitrogens is 1. The summed E-state index contributed by atoms with van der Waals surface area (Å²) in [5.41, 5.74) is 2.31. The molecule has 4 rings (SSSR count). The minimum atomic E-state index is -0.527. The van der Waals surface area contributed by atoms with Gasteiger partial charge in [-0.15, -0.1) is 0 Å². The lowest BCUT2D eigenvalue weighted by atomic mass is 9.64. The van der Waals surface area contributed by atoms with Crippen LogP contribution in [0.5, 0.6) is 5.88 Å². The Kier molecular flexibility index (Phi) is 5.81. The van der Waals surface area contributed by atoms with Gasteiger partial charge >= 0.3 is 6.03 Å². The molecule has 1 spiro atoms. The highest BCUT2D eigenvalue weighted by molar-refractivity contribution is 6.29. The van der Waals surface area contributed by atoms with E-state index in [9.17, 15) is 9.18 Å². The van der Waals surface area contributed by atoms with Gasteiger partial charge < -0.3 is 25.2 Å². The largest absolute Gasteiger partial charge is 0.475 e. The Morgan fingerprint density at radius 2 is 2.13 bits per heavy atom. The molecule has 160 valence electrons. The molecule has 0 atom stereocenters. The maximum absolute atomic E-state index is 14.5. The van der Waals surface area contributed by atoms with Crippen molar-refractivity contribution in [2.45, 2.75) is 25.8 Å². The number of amides is 2. The molecule has 1 aromatic carbocycles. The standard InChI is InChI=1S/C21H23ClFN3O4/c1-12-4-16(23)17(25-20(28)24-14-8-21(9-14)10-29-11-21)7-15(12)13-5-18(22)26-19(6-13)30-3-2-27/h4-7,14,27H,2-3,8-11H2,1H3,(H2,24,25,28). The quantitative estimate of drug-likeness (QED) is 0.604. The zero-order chi connectivity index (χ0) is 21.3. The number of nitrogens with zero attached hydrogens (tertiary/aromatic N) is 1. The van der Waals surface area contributed by atoms with Gasteiger partial charge in [-0.05, 0) is 54.7 Å². The van der Waals surface area contributed by atoms with Gasteiger partial charge in [-0.1, -0.05) is 11.6 Å². The number of halogens is 2. The van der Waals surface area contributed by atoms with Crippen molar-refractivity contribution in [1.29, 1.82) is 0 Å². The third-order valence-electron chi connectivity index (χ3n) is 5.50. The van der Waals surface area contributed by atoms with E-state index < -0.39 is 11.8 Å². The Labute approximate surface area is 178 Å². The summed E-state index contributed by atoms with van der Waals surface area (Å²) < 4.78 is 25.1. The molecule has 3 N–H and O–H groups in total. The number of hydrogen-bond acceptors (Lipinski definition) is 5. The van der Waals surface area contributed by atoms with Crippen molar-refractivity contribution >= 4 is 23.3 Å². The van der Waals surface area contributed by atoms with Gasteiger partial charge in [0.2, 0.25) is 5.88 Å². The molecule has 2 aliphatic rings. The highest BCUT2D eigenvalue weighted by Gasteiger charge is 2.50. The summed E-state index contributed by atoms with van der Waals surface area (Å²) in [4.78, 5) is 16.4. The fourth-order valence-electron chi connectivity index (χ4n) is 3.99. The number of hydrogen-bond donors (Lipinski definition) is 3. The van der Waals surface area contributed by atoms with Crippen molar-refractivity contribution in [3.63, 3.8) is 0 Å². The second-order valence-corrected chi connectivity index (χ2v) is 8.32. The molecule has 7 nitrogen and oxygen atoms in total. The van der Waals surface area contributed by atoms with Crippen molar-refractivity contribution in [2.75, 3.05) is 31.7 Å². The van der Waals surface area contributed by atoms with E-state index in [1.54, 1.807) is 25.1 Å². The average molecular weight is 436 g/mol. The highest BCUT2D eigenvalue weighted by atomic mass is 35.5. The number of rotatable bonds is 6. The predicted molar refractivity (Wildman–Crippen MR) is 110 cm³/mol. The van der Waals surface area contributed by atoms with Crippen LogP contribution in [-0.2, 0) is 4.74 Å². The van der Waals surface area contributed by atoms with E-state index in [2.05, 4.69) is 15.6 Å². The first kappa shape index (κ1) is 20.8. The molecule has 2 fully saturated rings. The molecule has 1 aliphatic heterocycles. The fraction of sp³-hybridized carbons (Fsp3) is 0.429. The first-order valence-corrected chi connectivity index (χ1v) is 10.1. The number of carbonyl (C=O) groups excluding carboxylic acids is 1. The summed E-state index contributed by atoms with van der Waals surface area (Å²) in [6, 6.07) is 5.84. The minimum Gasteiger partial charge on any atom is -0.475 e. The van der Waals surface area contributed by atoms with Gasteiger partial charge in [-0.3, -0.25) is 0 Å². The van der Waals surface area contributed by atoms with E-state index in [1.807, 2.05) is 0 Å². The summed E-state index contributed by atoms with van der Waals surface area (Å²) in [7, 11) is 0. The third-order valence-corrected chi connectivity index (χ3v) is 5.69. The van der Waals surface area contributed by atoms with Crippen LogP contribution in [0.1, 0.15) is 18.4 Å². The highest BCUT2D eigenvalue weighted by Crippen LogP contribution is 2.46. The number of aliphatic hydroxyl groups excluding tert-OH is 1. The molecule has 0 unspecified atom stereocenters. The lowest BCUT2D eigenvalue weighted by Crippen LogP contribution is -2.60. The number of carbonyl (C=O) groups is 1. The van der Waals surface area contributed by atoms with Gasteiger partial charge in [0.05, 0.1) is 25.5 Å². The van der Waals surface area contributed by atoms with Gasteiger partial charge in [0.15, 0.2) is 0 Å². The van der Waals surface area contributed by atoms with Crippen molar-refractivity contribution in [1.82, 2.24) is 10.3 Å². The molecule has 2 heterocycles. The Hall–Kier alpha value is -2.42. The molecular weight excluding hydrogens is 413 g/mol. The van der Waals surface area contributed by atoms with Crippen LogP contribution in [0.3, 0.4) is 0 Å². The van der Waals surface area contributed by atoms with Crippen molar-refractivity contribution in [3.05, 3.63) is 40.8 Å².